The van der Waals surface area contributed by atoms with Gasteiger partial charge in [-0.15, -0.1) is 10.2 Å². The molecular weight excluding hydrogens is 444 g/mol. The Morgan fingerprint density at radius 3 is 2.51 bits per heavy atom. The van der Waals surface area contributed by atoms with Crippen molar-refractivity contribution in [3.63, 3.8) is 0 Å². The molecule has 0 bridgehead atoms. The van der Waals surface area contributed by atoms with E-state index in [0.29, 0.717) is 28.6 Å². The fourth-order valence-electron chi connectivity index (χ4n) is 3.59. The first-order valence-corrected chi connectivity index (χ1v) is 10.6. The van der Waals surface area contributed by atoms with Crippen molar-refractivity contribution in [2.75, 3.05) is 5.32 Å². The smallest absolute Gasteiger partial charge is 0.259 e. The SMILES string of the molecule is O=Cc1cnn(-c2ccccn2)c1/N=N/c1c(O)c(C(=O)Nc2ccccc2)cc2ccccc12. The van der Waals surface area contributed by atoms with Crippen LogP contribution in [0, 0.1) is 0 Å². The number of nitrogens with zero attached hydrogens (tertiary/aromatic N) is 5. The molecular formula is C26H18N6O3. The molecule has 9 heteroatoms. The number of aldehydes is 1. The molecule has 5 aromatic rings. The molecule has 0 aliphatic rings. The number of benzene rings is 3. The lowest BCUT2D eigenvalue weighted by atomic mass is 10.0. The molecule has 5 rings (SSSR count). The van der Waals surface area contributed by atoms with E-state index in [9.17, 15) is 14.7 Å². The maximum Gasteiger partial charge on any atom is 0.259 e. The van der Waals surface area contributed by atoms with Gasteiger partial charge in [0.25, 0.3) is 5.91 Å². The molecule has 0 radical (unpaired) electrons. The van der Waals surface area contributed by atoms with Crippen molar-refractivity contribution >= 4 is 40.2 Å². The number of hydrogen-bond acceptors (Lipinski definition) is 7. The second-order valence-electron chi connectivity index (χ2n) is 7.50. The van der Waals surface area contributed by atoms with Crippen molar-refractivity contribution in [3.05, 3.63) is 102 Å². The summed E-state index contributed by atoms with van der Waals surface area (Å²) < 4.78 is 1.37. The van der Waals surface area contributed by atoms with Gasteiger partial charge in [0.15, 0.2) is 23.7 Å². The molecule has 0 saturated heterocycles. The van der Waals surface area contributed by atoms with Crippen molar-refractivity contribution in [1.82, 2.24) is 14.8 Å². The van der Waals surface area contributed by atoms with Gasteiger partial charge in [-0.3, -0.25) is 9.59 Å². The number of pyridine rings is 1. The van der Waals surface area contributed by atoms with Gasteiger partial charge in [0.1, 0.15) is 5.69 Å². The predicted octanol–water partition coefficient (Wildman–Crippen LogP) is 5.61. The Kier molecular flexibility index (Phi) is 5.79. The molecule has 170 valence electrons. The fraction of sp³-hybridized carbons (Fsp3) is 0. The van der Waals surface area contributed by atoms with E-state index in [1.165, 1.54) is 10.9 Å². The molecule has 9 nitrogen and oxygen atoms in total. The number of aromatic hydroxyl groups is 1. The van der Waals surface area contributed by atoms with Gasteiger partial charge in [-0.25, -0.2) is 4.98 Å². The average Bonchev–Trinajstić information content (AvgIpc) is 3.32. The van der Waals surface area contributed by atoms with E-state index in [2.05, 4.69) is 25.6 Å². The number of phenolic OH excluding ortho intramolecular Hbond substituents is 1. The molecule has 0 fully saturated rings. The molecule has 0 aliphatic carbocycles. The van der Waals surface area contributed by atoms with E-state index in [1.807, 2.05) is 18.2 Å². The summed E-state index contributed by atoms with van der Waals surface area (Å²) in [6, 6.07) is 22.9. The van der Waals surface area contributed by atoms with Crippen LogP contribution in [0.4, 0.5) is 17.2 Å². The molecule has 2 heterocycles. The highest BCUT2D eigenvalue weighted by Gasteiger charge is 2.19. The third-order valence-electron chi connectivity index (χ3n) is 5.28. The first-order valence-electron chi connectivity index (χ1n) is 10.6. The highest BCUT2D eigenvalue weighted by Crippen LogP contribution is 2.40. The van der Waals surface area contributed by atoms with Gasteiger partial charge in [0.05, 0.1) is 17.3 Å². The molecule has 0 atom stereocenters. The van der Waals surface area contributed by atoms with Crippen LogP contribution in [0.1, 0.15) is 20.7 Å². The van der Waals surface area contributed by atoms with E-state index < -0.39 is 5.91 Å². The van der Waals surface area contributed by atoms with Gasteiger partial charge < -0.3 is 10.4 Å². The van der Waals surface area contributed by atoms with E-state index in [-0.39, 0.29) is 28.4 Å². The Morgan fingerprint density at radius 2 is 1.74 bits per heavy atom. The quantitative estimate of drug-likeness (QED) is 0.251. The number of hydrogen-bond donors (Lipinski definition) is 2. The number of phenols is 1. The van der Waals surface area contributed by atoms with Crippen molar-refractivity contribution in [1.29, 1.82) is 0 Å². The number of azo groups is 1. The lowest BCUT2D eigenvalue weighted by Gasteiger charge is -2.11. The van der Waals surface area contributed by atoms with Gasteiger partial charge in [-0.2, -0.15) is 9.78 Å². The monoisotopic (exact) mass is 462 g/mol. The zero-order chi connectivity index (χ0) is 24.2. The van der Waals surface area contributed by atoms with Gasteiger partial charge in [0, 0.05) is 17.3 Å². The number of carbonyl (C=O) groups excluding carboxylic acids is 2. The van der Waals surface area contributed by atoms with Crippen LogP contribution in [-0.4, -0.2) is 32.1 Å². The molecule has 3 aromatic carbocycles. The minimum absolute atomic E-state index is 0.0374. The van der Waals surface area contributed by atoms with Crippen molar-refractivity contribution in [3.8, 4) is 11.6 Å². The molecule has 2 N–H and O–H groups in total. The number of carbonyl (C=O) groups is 2. The Balaban J connectivity index is 1.61. The Hall–Kier alpha value is -5.18. The van der Waals surface area contributed by atoms with Gasteiger partial charge in [-0.1, -0.05) is 48.5 Å². The van der Waals surface area contributed by atoms with Crippen LogP contribution in [0.25, 0.3) is 16.6 Å². The lowest BCUT2D eigenvalue weighted by Crippen LogP contribution is -2.12. The zero-order valence-electron chi connectivity index (χ0n) is 18.2. The van der Waals surface area contributed by atoms with Crippen LogP contribution >= 0.6 is 0 Å². The summed E-state index contributed by atoms with van der Waals surface area (Å²) in [5, 5.41) is 27.8. The molecule has 0 aliphatic heterocycles. The maximum absolute atomic E-state index is 13.0. The summed E-state index contributed by atoms with van der Waals surface area (Å²) in [5.74, 6) is -0.249. The molecule has 2 aromatic heterocycles. The second kappa shape index (κ2) is 9.36. The summed E-state index contributed by atoms with van der Waals surface area (Å²) in [6.07, 6.45) is 3.56. The van der Waals surface area contributed by atoms with E-state index in [1.54, 1.807) is 66.9 Å². The van der Waals surface area contributed by atoms with E-state index >= 15 is 0 Å². The third-order valence-corrected chi connectivity index (χ3v) is 5.28. The summed E-state index contributed by atoms with van der Waals surface area (Å²) in [7, 11) is 0. The largest absolute Gasteiger partial charge is 0.505 e. The predicted molar refractivity (Wildman–Crippen MR) is 131 cm³/mol. The maximum atomic E-state index is 13.0. The second-order valence-corrected chi connectivity index (χ2v) is 7.50. The Morgan fingerprint density at radius 1 is 0.971 bits per heavy atom. The van der Waals surface area contributed by atoms with E-state index in [0.717, 1.165) is 0 Å². The number of rotatable bonds is 6. The highest BCUT2D eigenvalue weighted by molar-refractivity contribution is 6.11. The standard InChI is InChI=1S/C26H18N6O3/c33-16-18-15-28-32(22-12-6-7-13-27-22)25(18)31-30-23-20-11-5-4-8-17(20)14-21(24(23)34)26(35)29-19-9-2-1-3-10-19/h1-16,34H,(H,29,35)/b31-30+. The zero-order valence-corrected chi connectivity index (χ0v) is 18.2. The average molecular weight is 462 g/mol. The fourth-order valence-corrected chi connectivity index (χ4v) is 3.59. The van der Waals surface area contributed by atoms with Crippen molar-refractivity contribution in [2.45, 2.75) is 0 Å². The van der Waals surface area contributed by atoms with Crippen molar-refractivity contribution in [2.24, 2.45) is 10.2 Å². The first kappa shape index (κ1) is 21.7. The van der Waals surface area contributed by atoms with Crippen molar-refractivity contribution < 1.29 is 14.7 Å². The summed E-state index contributed by atoms with van der Waals surface area (Å²) in [4.78, 5) is 28.8. The number of para-hydroxylation sites is 1. The molecule has 1 amide bonds. The lowest BCUT2D eigenvalue weighted by molar-refractivity contribution is 0.102. The molecule has 0 unspecified atom stereocenters. The number of amides is 1. The number of aromatic nitrogens is 3. The van der Waals surface area contributed by atoms with E-state index in [4.69, 9.17) is 0 Å². The number of fused-ring (bicyclic) bond motifs is 1. The van der Waals surface area contributed by atoms with Crippen LogP contribution in [-0.2, 0) is 0 Å². The number of nitrogens with one attached hydrogen (secondary N) is 1. The first-order chi connectivity index (χ1) is 17.2. The topological polar surface area (TPSA) is 122 Å². The van der Waals surface area contributed by atoms with Crippen LogP contribution in [0.2, 0.25) is 0 Å². The van der Waals surface area contributed by atoms with Crippen LogP contribution in [0.5, 0.6) is 5.75 Å². The minimum atomic E-state index is -0.497. The van der Waals surface area contributed by atoms with Gasteiger partial charge in [0.2, 0.25) is 0 Å². The Bertz CT molecular complexity index is 1560. The summed E-state index contributed by atoms with van der Waals surface area (Å²) in [6.45, 7) is 0. The molecule has 0 spiro atoms. The molecule has 0 saturated carbocycles. The van der Waals surface area contributed by atoms with Crippen LogP contribution < -0.4 is 5.32 Å². The molecule has 35 heavy (non-hydrogen) atoms. The number of anilines is 1. The third kappa shape index (κ3) is 4.25. The Labute approximate surface area is 199 Å². The minimum Gasteiger partial charge on any atom is -0.505 e. The van der Waals surface area contributed by atoms with Gasteiger partial charge in [-0.05, 0) is 35.7 Å². The highest BCUT2D eigenvalue weighted by atomic mass is 16.3. The summed E-state index contributed by atoms with van der Waals surface area (Å²) >= 11 is 0. The van der Waals surface area contributed by atoms with Crippen LogP contribution in [0.3, 0.4) is 0 Å². The summed E-state index contributed by atoms with van der Waals surface area (Å²) in [5.41, 5.74) is 0.909. The normalized spacial score (nSPS) is 11.1. The van der Waals surface area contributed by atoms with Crippen LogP contribution in [0.15, 0.2) is 101 Å². The van der Waals surface area contributed by atoms with Gasteiger partial charge >= 0.3 is 0 Å².